The van der Waals surface area contributed by atoms with Gasteiger partial charge in [0, 0.05) is 5.56 Å². The average Bonchev–Trinajstić information content (AvgIpc) is 2.43. The van der Waals surface area contributed by atoms with Crippen molar-refractivity contribution in [2.24, 2.45) is 0 Å². The second kappa shape index (κ2) is 8.89. The minimum atomic E-state index is -0.706. The monoisotopic (exact) mass is 266 g/mol. The lowest BCUT2D eigenvalue weighted by molar-refractivity contribution is 0.451. The van der Waals surface area contributed by atoms with Gasteiger partial charge in [0.25, 0.3) is 5.43 Å². The van der Waals surface area contributed by atoms with Gasteiger partial charge in [-0.2, -0.15) is 0 Å². The van der Waals surface area contributed by atoms with Crippen LogP contribution in [0.3, 0.4) is 0 Å². The van der Waals surface area contributed by atoms with E-state index in [1.165, 1.54) is 51.4 Å². The predicted octanol–water partition coefficient (Wildman–Crippen LogP) is 3.45. The van der Waals surface area contributed by atoms with E-state index in [0.29, 0.717) is 12.0 Å². The summed E-state index contributed by atoms with van der Waals surface area (Å²) >= 11 is 0. The van der Waals surface area contributed by atoms with Crippen LogP contribution in [0.5, 0.6) is 5.75 Å². The van der Waals surface area contributed by atoms with Crippen LogP contribution in [0.2, 0.25) is 0 Å². The molecule has 0 radical (unpaired) electrons. The standard InChI is InChI=1S/C16H26O3/c1-2-3-4-5-6-7-8-9-10-11-12-13-14(17)16(19)15(13)18/h17H,2-12H2,1H3. The van der Waals surface area contributed by atoms with Gasteiger partial charge in [-0.25, -0.2) is 0 Å². The zero-order valence-corrected chi connectivity index (χ0v) is 12.0. The number of hydrogen-bond acceptors (Lipinski definition) is 3. The fourth-order valence-electron chi connectivity index (χ4n) is 2.45. The van der Waals surface area contributed by atoms with Gasteiger partial charge < -0.3 is 5.11 Å². The smallest absolute Gasteiger partial charge is 0.267 e. The van der Waals surface area contributed by atoms with Crippen LogP contribution in [-0.4, -0.2) is 5.11 Å². The van der Waals surface area contributed by atoms with E-state index in [2.05, 4.69) is 6.92 Å². The molecule has 1 aromatic rings. The molecule has 108 valence electrons. The molecule has 0 spiro atoms. The SMILES string of the molecule is CCCCCCCCCCCCc1c(O)c(=O)c1=O. The molecule has 1 N–H and O–H groups in total. The van der Waals surface area contributed by atoms with Crippen molar-refractivity contribution < 1.29 is 5.11 Å². The zero-order chi connectivity index (χ0) is 14.1. The summed E-state index contributed by atoms with van der Waals surface area (Å²) in [5.41, 5.74) is -0.833. The lowest BCUT2D eigenvalue weighted by Gasteiger charge is -2.05. The van der Waals surface area contributed by atoms with Crippen molar-refractivity contribution in [1.82, 2.24) is 0 Å². The second-order valence-electron chi connectivity index (χ2n) is 5.42. The third-order valence-corrected chi connectivity index (χ3v) is 3.76. The largest absolute Gasteiger partial charge is 0.504 e. The van der Waals surface area contributed by atoms with Gasteiger partial charge in [0.2, 0.25) is 5.43 Å². The Bertz CT molecular complexity index is 427. The maximum atomic E-state index is 11.1. The van der Waals surface area contributed by atoms with Crippen molar-refractivity contribution in [3.05, 3.63) is 26.0 Å². The zero-order valence-electron chi connectivity index (χ0n) is 12.0. The summed E-state index contributed by atoms with van der Waals surface area (Å²) in [6.45, 7) is 2.23. The lowest BCUT2D eigenvalue weighted by Crippen LogP contribution is -2.34. The molecule has 0 aliphatic carbocycles. The Morgan fingerprint density at radius 2 is 1.21 bits per heavy atom. The first-order valence-electron chi connectivity index (χ1n) is 7.69. The van der Waals surface area contributed by atoms with Crippen LogP contribution in [-0.2, 0) is 6.42 Å². The Morgan fingerprint density at radius 1 is 0.737 bits per heavy atom. The number of aromatic hydroxyl groups is 1. The maximum Gasteiger partial charge on any atom is 0.267 e. The van der Waals surface area contributed by atoms with Crippen LogP contribution >= 0.6 is 0 Å². The van der Waals surface area contributed by atoms with Crippen LogP contribution in [0.15, 0.2) is 9.59 Å². The van der Waals surface area contributed by atoms with Crippen LogP contribution in [0.4, 0.5) is 0 Å². The summed E-state index contributed by atoms with van der Waals surface area (Å²) in [5.74, 6) is -0.291. The number of hydrogen-bond donors (Lipinski definition) is 1. The normalized spacial score (nSPS) is 11.2. The fraction of sp³-hybridized carbons (Fsp3) is 0.750. The molecule has 0 fully saturated rings. The molecule has 0 saturated heterocycles. The lowest BCUT2D eigenvalue weighted by atomic mass is 10.0. The molecule has 0 amide bonds. The van der Waals surface area contributed by atoms with Gasteiger partial charge in [0.1, 0.15) is 0 Å². The first-order chi connectivity index (χ1) is 9.18. The van der Waals surface area contributed by atoms with E-state index in [1.54, 1.807) is 0 Å². The minimum Gasteiger partial charge on any atom is -0.504 e. The molecular weight excluding hydrogens is 240 g/mol. The second-order valence-corrected chi connectivity index (χ2v) is 5.42. The molecule has 0 aliphatic rings. The van der Waals surface area contributed by atoms with Gasteiger partial charge in [-0.05, 0) is 12.8 Å². The van der Waals surface area contributed by atoms with Gasteiger partial charge in [0.05, 0.1) is 0 Å². The molecule has 0 unspecified atom stereocenters. The van der Waals surface area contributed by atoms with E-state index < -0.39 is 10.9 Å². The van der Waals surface area contributed by atoms with Gasteiger partial charge >= 0.3 is 0 Å². The molecule has 1 aromatic carbocycles. The van der Waals surface area contributed by atoms with Crippen LogP contribution in [0.1, 0.15) is 76.7 Å². The molecule has 3 heteroatoms. The minimum absolute atomic E-state index is 0.291. The Balaban J connectivity index is 1.92. The Morgan fingerprint density at radius 3 is 1.68 bits per heavy atom. The number of rotatable bonds is 11. The molecule has 1 rings (SSSR count). The molecule has 0 atom stereocenters. The van der Waals surface area contributed by atoms with Crippen molar-refractivity contribution in [2.75, 3.05) is 0 Å². The quantitative estimate of drug-likeness (QED) is 0.493. The van der Waals surface area contributed by atoms with E-state index >= 15 is 0 Å². The fourth-order valence-corrected chi connectivity index (χ4v) is 2.45. The van der Waals surface area contributed by atoms with E-state index in [1.807, 2.05) is 0 Å². The Labute approximate surface area is 115 Å². The molecule has 0 bridgehead atoms. The van der Waals surface area contributed by atoms with Crippen LogP contribution < -0.4 is 10.9 Å². The number of unbranched alkanes of at least 4 members (excludes halogenated alkanes) is 9. The van der Waals surface area contributed by atoms with Gasteiger partial charge in [-0.15, -0.1) is 0 Å². The summed E-state index contributed by atoms with van der Waals surface area (Å²) in [4.78, 5) is 21.9. The van der Waals surface area contributed by atoms with E-state index in [0.717, 1.165) is 12.8 Å². The van der Waals surface area contributed by atoms with E-state index in [9.17, 15) is 14.7 Å². The molecule has 0 heterocycles. The molecule has 19 heavy (non-hydrogen) atoms. The summed E-state index contributed by atoms with van der Waals surface area (Å²) in [6, 6.07) is 0. The summed E-state index contributed by atoms with van der Waals surface area (Å²) in [7, 11) is 0. The first-order valence-corrected chi connectivity index (χ1v) is 7.69. The summed E-state index contributed by atoms with van der Waals surface area (Å²) in [6.07, 6.45) is 13.0. The highest BCUT2D eigenvalue weighted by atomic mass is 16.3. The Hall–Kier alpha value is -1.12. The highest BCUT2D eigenvalue weighted by Crippen LogP contribution is 2.14. The van der Waals surface area contributed by atoms with Crippen molar-refractivity contribution in [1.29, 1.82) is 0 Å². The van der Waals surface area contributed by atoms with Crippen molar-refractivity contribution in [3.63, 3.8) is 0 Å². The van der Waals surface area contributed by atoms with E-state index in [-0.39, 0.29) is 5.75 Å². The van der Waals surface area contributed by atoms with Gasteiger partial charge in [0.15, 0.2) is 5.75 Å². The topological polar surface area (TPSA) is 54.4 Å². The third kappa shape index (κ3) is 5.17. The van der Waals surface area contributed by atoms with Crippen molar-refractivity contribution in [2.45, 2.75) is 77.6 Å². The molecule has 0 aromatic heterocycles. The molecule has 3 nitrogen and oxygen atoms in total. The van der Waals surface area contributed by atoms with Gasteiger partial charge in [-0.3, -0.25) is 9.59 Å². The first kappa shape index (κ1) is 15.9. The highest BCUT2D eigenvalue weighted by molar-refractivity contribution is 5.37. The van der Waals surface area contributed by atoms with Gasteiger partial charge in [-0.1, -0.05) is 64.7 Å². The molecule has 0 saturated carbocycles. The van der Waals surface area contributed by atoms with Crippen LogP contribution in [0.25, 0.3) is 0 Å². The van der Waals surface area contributed by atoms with Crippen LogP contribution in [0, 0.1) is 0 Å². The molecule has 0 aliphatic heterocycles. The highest BCUT2D eigenvalue weighted by Gasteiger charge is 2.18. The summed E-state index contributed by atoms with van der Waals surface area (Å²) in [5, 5.41) is 9.20. The van der Waals surface area contributed by atoms with Crippen molar-refractivity contribution in [3.8, 4) is 5.75 Å². The predicted molar refractivity (Wildman–Crippen MR) is 78.6 cm³/mol. The third-order valence-electron chi connectivity index (χ3n) is 3.76. The van der Waals surface area contributed by atoms with E-state index in [4.69, 9.17) is 0 Å². The average molecular weight is 266 g/mol. The van der Waals surface area contributed by atoms with Crippen molar-refractivity contribution >= 4 is 0 Å². The Kier molecular flexibility index (Phi) is 7.46. The molecular formula is C16H26O3. The summed E-state index contributed by atoms with van der Waals surface area (Å²) < 4.78 is 0. The maximum absolute atomic E-state index is 11.1.